The Morgan fingerprint density at radius 2 is 1.76 bits per heavy atom. The summed E-state index contributed by atoms with van der Waals surface area (Å²) in [6, 6.07) is 11.3. The van der Waals surface area contributed by atoms with E-state index >= 15 is 0 Å². The van der Waals surface area contributed by atoms with Crippen molar-refractivity contribution < 1.29 is 26.3 Å². The fraction of sp³-hybridized carbons (Fsp3) is 0.304. The summed E-state index contributed by atoms with van der Waals surface area (Å²) in [5.41, 5.74) is 0.700. The second-order valence-electron chi connectivity index (χ2n) is 8.66. The number of fused-ring (bicyclic) bond motifs is 1. The summed E-state index contributed by atoms with van der Waals surface area (Å²) in [5.74, 6) is -0.343. The van der Waals surface area contributed by atoms with E-state index in [1.54, 1.807) is 12.1 Å². The second kappa shape index (κ2) is 10.0. The zero-order valence-corrected chi connectivity index (χ0v) is 21.1. The van der Waals surface area contributed by atoms with Gasteiger partial charge < -0.3 is 9.72 Å². The number of piperidine rings is 1. The Balaban J connectivity index is 1.32. The number of alkyl halides is 3. The van der Waals surface area contributed by atoms with Gasteiger partial charge in [-0.2, -0.15) is 4.31 Å². The lowest BCUT2D eigenvalue weighted by Crippen LogP contribution is -2.38. The van der Waals surface area contributed by atoms with Gasteiger partial charge in [0.2, 0.25) is 10.0 Å². The lowest BCUT2D eigenvalue weighted by Gasteiger charge is -2.30. The van der Waals surface area contributed by atoms with Crippen molar-refractivity contribution in [3.8, 4) is 5.75 Å². The summed E-state index contributed by atoms with van der Waals surface area (Å²) in [7, 11) is -3.94. The maximum Gasteiger partial charge on any atom is 0.573 e. The number of aromatic nitrogens is 5. The third-order valence-corrected chi connectivity index (χ3v) is 8.49. The van der Waals surface area contributed by atoms with Crippen LogP contribution in [0.2, 0.25) is 5.02 Å². The number of hydrogen-bond acceptors (Lipinski definition) is 7. The summed E-state index contributed by atoms with van der Waals surface area (Å²) >= 11 is 6.25. The van der Waals surface area contributed by atoms with E-state index in [0.29, 0.717) is 29.3 Å². The van der Waals surface area contributed by atoms with Gasteiger partial charge in [0.15, 0.2) is 11.2 Å². The van der Waals surface area contributed by atoms with Crippen LogP contribution in [-0.2, 0) is 16.6 Å². The molecule has 0 aliphatic carbocycles. The summed E-state index contributed by atoms with van der Waals surface area (Å²) < 4.78 is 69.7. The van der Waals surface area contributed by atoms with Gasteiger partial charge in [-0.15, -0.1) is 18.3 Å². The molecule has 4 aromatic rings. The Morgan fingerprint density at radius 3 is 2.42 bits per heavy atom. The van der Waals surface area contributed by atoms with E-state index in [1.807, 2.05) is 12.1 Å². The highest BCUT2D eigenvalue weighted by Gasteiger charge is 2.33. The number of ether oxygens (including phenoxy) is 1. The first-order chi connectivity index (χ1) is 18.0. The van der Waals surface area contributed by atoms with Crippen LogP contribution in [0.4, 0.5) is 13.2 Å². The summed E-state index contributed by atoms with van der Waals surface area (Å²) in [6.07, 6.45) is -4.13. The standard InChI is InChI=1S/C23H20ClF3N6O4S/c24-18-4-2-1-3-15(18)13-33-21-19(30-31-33)22(34)29-20(28-21)14-9-11-32(12-10-14)38(35,36)17-7-5-16(6-8-17)37-23(25,26)27/h1-8,14H,9-13H2,(H,28,29,34). The molecule has 0 spiro atoms. The predicted molar refractivity (Wildman–Crippen MR) is 130 cm³/mol. The summed E-state index contributed by atoms with van der Waals surface area (Å²) in [5, 5.41) is 8.53. The molecule has 0 bridgehead atoms. The molecule has 0 amide bonds. The zero-order valence-electron chi connectivity index (χ0n) is 19.5. The molecule has 1 N–H and O–H groups in total. The molecule has 1 fully saturated rings. The molecule has 0 atom stereocenters. The van der Waals surface area contributed by atoms with Crippen LogP contribution in [0.5, 0.6) is 5.75 Å². The van der Waals surface area contributed by atoms with Gasteiger partial charge in [-0.3, -0.25) is 4.79 Å². The smallest absolute Gasteiger partial charge is 0.406 e. The van der Waals surface area contributed by atoms with Gasteiger partial charge in [0.25, 0.3) is 5.56 Å². The van der Waals surface area contributed by atoms with Crippen LogP contribution in [0, 0.1) is 0 Å². The van der Waals surface area contributed by atoms with Crippen molar-refractivity contribution in [2.24, 2.45) is 0 Å². The quantitative estimate of drug-likeness (QED) is 0.376. The van der Waals surface area contributed by atoms with Gasteiger partial charge in [0.1, 0.15) is 11.6 Å². The van der Waals surface area contributed by atoms with Crippen LogP contribution in [0.15, 0.2) is 58.2 Å². The van der Waals surface area contributed by atoms with Crippen LogP contribution in [0.3, 0.4) is 0 Å². The molecule has 200 valence electrons. The molecule has 15 heteroatoms. The van der Waals surface area contributed by atoms with Gasteiger partial charge in [-0.25, -0.2) is 18.1 Å². The van der Waals surface area contributed by atoms with Crippen LogP contribution >= 0.6 is 11.6 Å². The van der Waals surface area contributed by atoms with E-state index in [2.05, 4.69) is 25.0 Å². The van der Waals surface area contributed by atoms with E-state index in [9.17, 15) is 26.4 Å². The Labute approximate surface area is 219 Å². The molecule has 5 rings (SSSR count). The number of benzene rings is 2. The number of halogens is 4. The minimum Gasteiger partial charge on any atom is -0.406 e. The average Bonchev–Trinajstić information content (AvgIpc) is 3.28. The van der Waals surface area contributed by atoms with Gasteiger partial charge in [-0.1, -0.05) is 35.0 Å². The number of aromatic amines is 1. The Kier molecular flexibility index (Phi) is 6.88. The Bertz CT molecular complexity index is 1630. The molecule has 0 saturated carbocycles. The van der Waals surface area contributed by atoms with Crippen molar-refractivity contribution >= 4 is 32.8 Å². The van der Waals surface area contributed by atoms with Gasteiger partial charge in [0, 0.05) is 24.0 Å². The molecule has 38 heavy (non-hydrogen) atoms. The summed E-state index contributed by atoms with van der Waals surface area (Å²) in [4.78, 5) is 19.9. The lowest BCUT2D eigenvalue weighted by molar-refractivity contribution is -0.274. The van der Waals surface area contributed by atoms with Crippen molar-refractivity contribution in [3.05, 3.63) is 75.3 Å². The maximum absolute atomic E-state index is 13.0. The van der Waals surface area contributed by atoms with Crippen LogP contribution in [-0.4, -0.2) is 57.1 Å². The highest BCUT2D eigenvalue weighted by molar-refractivity contribution is 7.89. The molecule has 0 radical (unpaired) electrons. The molecular weight excluding hydrogens is 549 g/mol. The molecule has 1 aliphatic heterocycles. The highest BCUT2D eigenvalue weighted by atomic mass is 35.5. The molecule has 2 aromatic heterocycles. The molecule has 1 aliphatic rings. The molecular formula is C23H20ClF3N6O4S. The van der Waals surface area contributed by atoms with E-state index in [-0.39, 0.29) is 36.0 Å². The third-order valence-electron chi connectivity index (χ3n) is 6.21. The van der Waals surface area contributed by atoms with Gasteiger partial charge in [-0.05, 0) is 48.7 Å². The minimum absolute atomic E-state index is 0.0822. The first kappa shape index (κ1) is 26.1. The molecule has 10 nitrogen and oxygen atoms in total. The predicted octanol–water partition coefficient (Wildman–Crippen LogP) is 3.68. The molecule has 1 saturated heterocycles. The van der Waals surface area contributed by atoms with E-state index < -0.39 is 27.7 Å². The van der Waals surface area contributed by atoms with Crippen molar-refractivity contribution in [3.63, 3.8) is 0 Å². The fourth-order valence-corrected chi connectivity index (χ4v) is 5.97. The average molecular weight is 569 g/mol. The normalized spacial score (nSPS) is 15.7. The SMILES string of the molecule is O=c1[nH]c(C2CCN(S(=O)(=O)c3ccc(OC(F)(F)F)cc3)CC2)nc2c1nnn2Cc1ccccc1Cl. The number of sulfonamides is 1. The van der Waals surface area contributed by atoms with E-state index in [1.165, 1.54) is 8.99 Å². The minimum atomic E-state index is -4.87. The van der Waals surface area contributed by atoms with Crippen molar-refractivity contribution in [1.29, 1.82) is 0 Å². The van der Waals surface area contributed by atoms with Gasteiger partial charge >= 0.3 is 6.36 Å². The summed E-state index contributed by atoms with van der Waals surface area (Å²) in [6.45, 7) is 0.523. The number of nitrogens with zero attached hydrogens (tertiary/aromatic N) is 5. The first-order valence-corrected chi connectivity index (χ1v) is 13.3. The van der Waals surface area contributed by atoms with Crippen molar-refractivity contribution in [1.82, 2.24) is 29.3 Å². The zero-order chi connectivity index (χ0) is 27.1. The van der Waals surface area contributed by atoms with Crippen LogP contribution < -0.4 is 10.3 Å². The maximum atomic E-state index is 13.0. The monoisotopic (exact) mass is 568 g/mol. The lowest BCUT2D eigenvalue weighted by atomic mass is 9.97. The molecule has 0 unspecified atom stereocenters. The highest BCUT2D eigenvalue weighted by Crippen LogP contribution is 2.30. The van der Waals surface area contributed by atoms with E-state index in [4.69, 9.17) is 11.6 Å². The second-order valence-corrected chi connectivity index (χ2v) is 11.0. The fourth-order valence-electron chi connectivity index (χ4n) is 4.30. The molecule has 2 aromatic carbocycles. The van der Waals surface area contributed by atoms with E-state index in [0.717, 1.165) is 29.8 Å². The molecule has 3 heterocycles. The first-order valence-electron chi connectivity index (χ1n) is 11.4. The largest absolute Gasteiger partial charge is 0.573 e. The number of nitrogens with one attached hydrogen (secondary N) is 1. The Morgan fingerprint density at radius 1 is 1.08 bits per heavy atom. The van der Waals surface area contributed by atoms with Crippen molar-refractivity contribution in [2.45, 2.75) is 36.6 Å². The van der Waals surface area contributed by atoms with Crippen LogP contribution in [0.25, 0.3) is 11.2 Å². The van der Waals surface area contributed by atoms with Crippen LogP contribution in [0.1, 0.15) is 30.1 Å². The van der Waals surface area contributed by atoms with Crippen molar-refractivity contribution in [2.75, 3.05) is 13.1 Å². The number of H-pyrrole nitrogens is 1. The number of rotatable bonds is 6. The topological polar surface area (TPSA) is 123 Å². The van der Waals surface area contributed by atoms with Gasteiger partial charge in [0.05, 0.1) is 11.4 Å². The Hall–Kier alpha value is -3.49. The third kappa shape index (κ3) is 5.37. The number of hydrogen-bond donors (Lipinski definition) is 1.